The van der Waals surface area contributed by atoms with Crippen molar-refractivity contribution in [3.63, 3.8) is 0 Å². The third kappa shape index (κ3) is 25.7. The number of esters is 4. The second-order valence-electron chi connectivity index (χ2n) is 12.5. The highest BCUT2D eigenvalue weighted by Crippen LogP contribution is 2.24. The van der Waals surface area contributed by atoms with Gasteiger partial charge in [-0.05, 0) is 51.4 Å². The molecule has 45 heavy (non-hydrogen) atoms. The van der Waals surface area contributed by atoms with E-state index in [-0.39, 0.29) is 23.9 Å². The highest BCUT2D eigenvalue weighted by molar-refractivity contribution is 5.71. The fourth-order valence-electron chi connectivity index (χ4n) is 5.38. The van der Waals surface area contributed by atoms with Crippen LogP contribution in [0.5, 0.6) is 0 Å². The Morgan fingerprint density at radius 1 is 0.422 bits per heavy atom. The van der Waals surface area contributed by atoms with Gasteiger partial charge in [-0.25, -0.2) is 0 Å². The lowest BCUT2D eigenvalue weighted by Gasteiger charge is -2.30. The van der Waals surface area contributed by atoms with E-state index in [9.17, 15) is 19.2 Å². The van der Waals surface area contributed by atoms with Gasteiger partial charge in [0.1, 0.15) is 18.3 Å². The predicted molar refractivity (Wildman–Crippen MR) is 180 cm³/mol. The normalized spacial score (nSPS) is 13.1. The molecule has 0 aliphatic rings. The SMILES string of the molecule is CCCCCCC(CC(OC(=O)CCCCC)[C@@H](CCCCCCCC(=O)OC)OC(=O)CCCCC)OC(=O)CCCCC. The second-order valence-corrected chi connectivity index (χ2v) is 12.5. The summed E-state index contributed by atoms with van der Waals surface area (Å²) in [6.07, 6.45) is 18.2. The monoisotopic (exact) mass is 640 g/mol. The molecular weight excluding hydrogens is 572 g/mol. The molecule has 2 unspecified atom stereocenters. The summed E-state index contributed by atoms with van der Waals surface area (Å²) in [6.45, 7) is 8.46. The largest absolute Gasteiger partial charge is 0.469 e. The fourth-order valence-corrected chi connectivity index (χ4v) is 5.38. The second kappa shape index (κ2) is 30.5. The Morgan fingerprint density at radius 3 is 1.33 bits per heavy atom. The maximum atomic E-state index is 13.0. The minimum atomic E-state index is -0.673. The molecule has 0 bridgehead atoms. The molecule has 0 amide bonds. The summed E-state index contributed by atoms with van der Waals surface area (Å²) in [5, 5.41) is 0. The van der Waals surface area contributed by atoms with Crippen molar-refractivity contribution in [2.75, 3.05) is 7.11 Å². The van der Waals surface area contributed by atoms with Crippen LogP contribution < -0.4 is 0 Å². The molecule has 0 spiro atoms. The summed E-state index contributed by atoms with van der Waals surface area (Å²) in [6, 6.07) is 0. The van der Waals surface area contributed by atoms with Crippen LogP contribution in [0.25, 0.3) is 0 Å². The number of ether oxygens (including phenoxy) is 4. The highest BCUT2D eigenvalue weighted by atomic mass is 16.6. The van der Waals surface area contributed by atoms with Gasteiger partial charge in [0.15, 0.2) is 0 Å². The Balaban J connectivity index is 5.79. The number of hydrogen-bond acceptors (Lipinski definition) is 8. The van der Waals surface area contributed by atoms with Crippen molar-refractivity contribution in [2.24, 2.45) is 0 Å². The number of rotatable bonds is 31. The lowest BCUT2D eigenvalue weighted by atomic mass is 9.97. The van der Waals surface area contributed by atoms with Crippen LogP contribution in [0.3, 0.4) is 0 Å². The Kier molecular flexibility index (Phi) is 29.1. The lowest BCUT2D eigenvalue weighted by Crippen LogP contribution is -2.39. The van der Waals surface area contributed by atoms with Gasteiger partial charge in [-0.3, -0.25) is 19.2 Å². The zero-order valence-electron chi connectivity index (χ0n) is 29.7. The third-order valence-electron chi connectivity index (χ3n) is 8.20. The third-order valence-corrected chi connectivity index (χ3v) is 8.20. The van der Waals surface area contributed by atoms with E-state index in [2.05, 4.69) is 27.7 Å². The van der Waals surface area contributed by atoms with Gasteiger partial charge in [-0.1, -0.05) is 105 Å². The summed E-state index contributed by atoms with van der Waals surface area (Å²) >= 11 is 0. The Labute approximate surface area is 275 Å². The zero-order chi connectivity index (χ0) is 33.5. The number of hydrogen-bond donors (Lipinski definition) is 0. The maximum absolute atomic E-state index is 13.0. The smallest absolute Gasteiger partial charge is 0.306 e. The van der Waals surface area contributed by atoms with Crippen LogP contribution in [-0.2, 0) is 38.1 Å². The van der Waals surface area contributed by atoms with Crippen molar-refractivity contribution in [3.05, 3.63) is 0 Å². The molecule has 0 aromatic rings. The van der Waals surface area contributed by atoms with E-state index in [0.717, 1.165) is 116 Å². The van der Waals surface area contributed by atoms with Crippen LogP contribution in [0.4, 0.5) is 0 Å². The number of unbranched alkanes of at least 4 members (excludes halogenated alkanes) is 13. The predicted octanol–water partition coefficient (Wildman–Crippen LogP) is 9.73. The van der Waals surface area contributed by atoms with Gasteiger partial charge in [0.05, 0.1) is 7.11 Å². The summed E-state index contributed by atoms with van der Waals surface area (Å²) in [5.74, 6) is -0.960. The molecule has 0 aliphatic heterocycles. The maximum Gasteiger partial charge on any atom is 0.306 e. The molecule has 0 aliphatic carbocycles. The molecular formula is C37H68O8. The van der Waals surface area contributed by atoms with Gasteiger partial charge in [0.2, 0.25) is 0 Å². The van der Waals surface area contributed by atoms with Crippen LogP contribution in [0.15, 0.2) is 0 Å². The van der Waals surface area contributed by atoms with Crippen LogP contribution in [0.2, 0.25) is 0 Å². The minimum absolute atomic E-state index is 0.191. The molecule has 0 aromatic heterocycles. The van der Waals surface area contributed by atoms with Crippen molar-refractivity contribution < 1.29 is 38.1 Å². The molecule has 0 heterocycles. The first-order valence-electron chi connectivity index (χ1n) is 18.5. The highest BCUT2D eigenvalue weighted by Gasteiger charge is 2.32. The van der Waals surface area contributed by atoms with E-state index >= 15 is 0 Å². The van der Waals surface area contributed by atoms with E-state index in [1.54, 1.807) is 0 Å². The minimum Gasteiger partial charge on any atom is -0.469 e. The Morgan fingerprint density at radius 2 is 0.800 bits per heavy atom. The molecule has 0 radical (unpaired) electrons. The van der Waals surface area contributed by atoms with Gasteiger partial charge >= 0.3 is 23.9 Å². The molecule has 0 rings (SSSR count). The molecule has 264 valence electrons. The molecule has 0 fully saturated rings. The molecule has 8 heteroatoms. The summed E-state index contributed by atoms with van der Waals surface area (Å²) in [4.78, 5) is 50.2. The summed E-state index contributed by atoms with van der Waals surface area (Å²) < 4.78 is 22.9. The van der Waals surface area contributed by atoms with Gasteiger partial charge in [-0.15, -0.1) is 0 Å². The molecule has 3 atom stereocenters. The van der Waals surface area contributed by atoms with Crippen molar-refractivity contribution in [1.29, 1.82) is 0 Å². The first-order chi connectivity index (χ1) is 21.8. The van der Waals surface area contributed by atoms with Crippen LogP contribution >= 0.6 is 0 Å². The zero-order valence-corrected chi connectivity index (χ0v) is 29.7. The van der Waals surface area contributed by atoms with E-state index in [4.69, 9.17) is 18.9 Å². The van der Waals surface area contributed by atoms with Crippen molar-refractivity contribution in [1.82, 2.24) is 0 Å². The Bertz CT molecular complexity index is 753. The summed E-state index contributed by atoms with van der Waals surface area (Å²) in [7, 11) is 1.40. The van der Waals surface area contributed by atoms with E-state index in [0.29, 0.717) is 44.9 Å². The molecule has 8 nitrogen and oxygen atoms in total. The first-order valence-corrected chi connectivity index (χ1v) is 18.5. The standard InChI is InChI=1S/C37H68O8/c1-6-10-14-21-24-31(43-35(39)27-18-11-7-2)30-33(45-37(41)29-20-13-9-4)32(44-36(40)28-19-12-8-3)25-22-16-15-17-23-26-34(38)42-5/h31-33H,6-30H2,1-5H3/t31?,32-,33?/m1/s1. The molecule has 0 aromatic carbocycles. The van der Waals surface area contributed by atoms with Gasteiger partial charge in [0, 0.05) is 32.1 Å². The average Bonchev–Trinajstić information content (AvgIpc) is 3.01. The van der Waals surface area contributed by atoms with Crippen molar-refractivity contribution >= 4 is 23.9 Å². The van der Waals surface area contributed by atoms with Crippen LogP contribution in [0.1, 0.15) is 188 Å². The van der Waals surface area contributed by atoms with Crippen molar-refractivity contribution in [2.45, 2.75) is 207 Å². The van der Waals surface area contributed by atoms with Gasteiger partial charge in [-0.2, -0.15) is 0 Å². The molecule has 0 saturated heterocycles. The number of methoxy groups -OCH3 is 1. The Hall–Kier alpha value is -2.12. The van der Waals surface area contributed by atoms with Gasteiger partial charge < -0.3 is 18.9 Å². The lowest BCUT2D eigenvalue weighted by molar-refractivity contribution is -0.174. The quantitative estimate of drug-likeness (QED) is 0.0419. The summed E-state index contributed by atoms with van der Waals surface area (Å²) in [5.41, 5.74) is 0. The van der Waals surface area contributed by atoms with Crippen LogP contribution in [-0.4, -0.2) is 49.3 Å². The van der Waals surface area contributed by atoms with E-state index in [1.807, 2.05) is 0 Å². The first kappa shape index (κ1) is 42.9. The van der Waals surface area contributed by atoms with E-state index < -0.39 is 18.3 Å². The van der Waals surface area contributed by atoms with E-state index in [1.165, 1.54) is 7.11 Å². The van der Waals surface area contributed by atoms with Gasteiger partial charge in [0.25, 0.3) is 0 Å². The fraction of sp³-hybridized carbons (Fsp3) is 0.892. The van der Waals surface area contributed by atoms with Crippen molar-refractivity contribution in [3.8, 4) is 0 Å². The number of carbonyl (C=O) groups is 4. The topological polar surface area (TPSA) is 105 Å². The number of carbonyl (C=O) groups excluding carboxylic acids is 4. The molecule has 0 N–H and O–H groups in total. The van der Waals surface area contributed by atoms with Crippen LogP contribution in [0, 0.1) is 0 Å². The average molecular weight is 641 g/mol. The molecule has 0 saturated carbocycles.